The average Bonchev–Trinajstić information content (AvgIpc) is 3.10. The van der Waals surface area contributed by atoms with Gasteiger partial charge in [0.2, 0.25) is 0 Å². The minimum absolute atomic E-state index is 0.0848. The van der Waals surface area contributed by atoms with E-state index in [1.807, 2.05) is 54.6 Å². The number of aromatic nitrogens is 3. The highest BCUT2D eigenvalue weighted by atomic mass is 16.4. The number of nitrogens with one attached hydrogen (secondary N) is 1. The van der Waals surface area contributed by atoms with Gasteiger partial charge in [0.05, 0.1) is 17.6 Å². The molecular formula is C25H18N4O3. The quantitative estimate of drug-likeness (QED) is 0.432. The van der Waals surface area contributed by atoms with Crippen LogP contribution in [0, 0.1) is 0 Å². The van der Waals surface area contributed by atoms with Gasteiger partial charge >= 0.3 is 5.97 Å². The van der Waals surface area contributed by atoms with Crippen LogP contribution in [0.3, 0.4) is 0 Å². The number of anilines is 1. The molecule has 7 heteroatoms. The van der Waals surface area contributed by atoms with Crippen LogP contribution in [0.1, 0.15) is 26.3 Å². The monoisotopic (exact) mass is 422 g/mol. The first-order valence-corrected chi connectivity index (χ1v) is 10.0. The van der Waals surface area contributed by atoms with Crippen LogP contribution in [0.25, 0.3) is 22.2 Å². The Morgan fingerprint density at radius 1 is 0.812 bits per heavy atom. The Hall–Kier alpha value is -4.52. The molecule has 1 amide bonds. The predicted molar refractivity (Wildman–Crippen MR) is 122 cm³/mol. The summed E-state index contributed by atoms with van der Waals surface area (Å²) >= 11 is 0. The van der Waals surface area contributed by atoms with E-state index in [1.165, 1.54) is 0 Å². The number of aromatic carboxylic acids is 1. The molecule has 2 aromatic heterocycles. The van der Waals surface area contributed by atoms with Crippen molar-refractivity contribution in [3.05, 3.63) is 102 Å². The second kappa shape index (κ2) is 7.96. The van der Waals surface area contributed by atoms with Gasteiger partial charge in [0, 0.05) is 5.56 Å². The van der Waals surface area contributed by atoms with E-state index in [4.69, 9.17) is 4.98 Å². The number of carboxylic acids is 1. The van der Waals surface area contributed by atoms with Gasteiger partial charge in [-0.3, -0.25) is 4.79 Å². The summed E-state index contributed by atoms with van der Waals surface area (Å²) in [5, 5.41) is 12.9. The number of carbonyl (C=O) groups is 2. The van der Waals surface area contributed by atoms with Crippen LogP contribution in [-0.4, -0.2) is 31.5 Å². The first-order chi connectivity index (χ1) is 15.6. The number of fused-ring (bicyclic) bond motifs is 2. The largest absolute Gasteiger partial charge is 0.477 e. The highest BCUT2D eigenvalue weighted by Gasteiger charge is 2.27. The molecule has 0 saturated carbocycles. The topological polar surface area (TPSA) is 97.1 Å². The van der Waals surface area contributed by atoms with Gasteiger partial charge in [-0.2, -0.15) is 0 Å². The Balaban J connectivity index is 1.76. The lowest BCUT2D eigenvalue weighted by atomic mass is 10.2. The van der Waals surface area contributed by atoms with E-state index in [9.17, 15) is 14.7 Å². The molecule has 5 rings (SSSR count). The minimum Gasteiger partial charge on any atom is -0.477 e. The molecule has 0 aliphatic carbocycles. The molecule has 0 spiro atoms. The molecular weight excluding hydrogens is 404 g/mol. The van der Waals surface area contributed by atoms with Crippen molar-refractivity contribution in [2.75, 3.05) is 5.32 Å². The fraction of sp³-hybridized carbons (Fsp3) is 0.0400. The second-order valence-electron chi connectivity index (χ2n) is 7.31. The van der Waals surface area contributed by atoms with Crippen LogP contribution in [0.4, 0.5) is 5.82 Å². The molecule has 3 aromatic carbocycles. The number of nitrogens with zero attached hydrogens (tertiary/aromatic N) is 3. The molecule has 0 fully saturated rings. The molecule has 32 heavy (non-hydrogen) atoms. The van der Waals surface area contributed by atoms with Gasteiger partial charge < -0.3 is 15.0 Å². The number of rotatable bonds is 5. The van der Waals surface area contributed by atoms with Crippen LogP contribution in [0.15, 0.2) is 84.9 Å². The van der Waals surface area contributed by atoms with E-state index < -0.39 is 11.9 Å². The van der Waals surface area contributed by atoms with E-state index in [0.717, 1.165) is 5.56 Å². The van der Waals surface area contributed by atoms with E-state index in [1.54, 1.807) is 34.9 Å². The minimum atomic E-state index is -1.19. The van der Waals surface area contributed by atoms with Crippen molar-refractivity contribution in [1.29, 1.82) is 0 Å². The lowest BCUT2D eigenvalue weighted by molar-refractivity contribution is 0.0700. The number of carbonyl (C=O) groups excluding carboxylic acids is 1. The Morgan fingerprint density at radius 3 is 2.06 bits per heavy atom. The molecule has 0 bridgehead atoms. The second-order valence-corrected chi connectivity index (χ2v) is 7.31. The summed E-state index contributed by atoms with van der Waals surface area (Å²) in [6.45, 7) is 0.321. The molecule has 0 aliphatic rings. The van der Waals surface area contributed by atoms with Crippen molar-refractivity contribution < 1.29 is 14.7 Å². The maximum atomic E-state index is 12.9. The Labute approximate surface area is 183 Å². The fourth-order valence-electron chi connectivity index (χ4n) is 3.72. The normalized spacial score (nSPS) is 11.0. The Morgan fingerprint density at radius 2 is 1.41 bits per heavy atom. The van der Waals surface area contributed by atoms with E-state index in [-0.39, 0.29) is 16.9 Å². The molecule has 0 saturated heterocycles. The van der Waals surface area contributed by atoms with E-state index in [0.29, 0.717) is 28.8 Å². The van der Waals surface area contributed by atoms with E-state index in [2.05, 4.69) is 10.3 Å². The first kappa shape index (κ1) is 19.4. The smallest absolute Gasteiger partial charge is 0.341 e. The van der Waals surface area contributed by atoms with Gasteiger partial charge in [0.15, 0.2) is 5.65 Å². The van der Waals surface area contributed by atoms with Gasteiger partial charge in [-0.05, 0) is 29.8 Å². The zero-order chi connectivity index (χ0) is 22.1. The number of amides is 1. The number of carboxylic acid groups (broad SMARTS) is 1. The standard InChI is InChI=1S/C25H18N4O3/c30-24(17-11-5-2-6-12-17)28-22-20(25(31)32)21-23(27-19-14-8-7-13-18(19)26-21)29(22)15-16-9-3-1-4-10-16/h1-14H,15H2,(H,28,30)(H,31,32). The molecule has 0 radical (unpaired) electrons. The molecule has 156 valence electrons. The number of hydrogen-bond donors (Lipinski definition) is 2. The Kier molecular flexibility index (Phi) is 4.84. The number of hydrogen-bond acceptors (Lipinski definition) is 4. The summed E-state index contributed by atoms with van der Waals surface area (Å²) < 4.78 is 1.70. The van der Waals surface area contributed by atoms with Gasteiger partial charge in [-0.1, -0.05) is 60.7 Å². The van der Waals surface area contributed by atoms with Crippen LogP contribution in [0.5, 0.6) is 0 Å². The molecule has 0 unspecified atom stereocenters. The summed E-state index contributed by atoms with van der Waals surface area (Å²) in [5.74, 6) is -1.44. The first-order valence-electron chi connectivity index (χ1n) is 10.0. The van der Waals surface area contributed by atoms with Crippen molar-refractivity contribution in [2.24, 2.45) is 0 Å². The average molecular weight is 422 g/mol. The predicted octanol–water partition coefficient (Wildman–Crippen LogP) is 4.58. The lowest BCUT2D eigenvalue weighted by Crippen LogP contribution is -2.18. The van der Waals surface area contributed by atoms with Crippen LogP contribution < -0.4 is 5.32 Å². The van der Waals surface area contributed by atoms with Crippen LogP contribution in [-0.2, 0) is 6.54 Å². The zero-order valence-corrected chi connectivity index (χ0v) is 16.9. The molecule has 2 heterocycles. The van der Waals surface area contributed by atoms with Crippen molar-refractivity contribution in [1.82, 2.24) is 14.5 Å². The zero-order valence-electron chi connectivity index (χ0n) is 16.9. The van der Waals surface area contributed by atoms with Crippen molar-refractivity contribution in [3.8, 4) is 0 Å². The lowest BCUT2D eigenvalue weighted by Gasteiger charge is -2.12. The highest BCUT2D eigenvalue weighted by molar-refractivity contribution is 6.13. The molecule has 0 atom stereocenters. The SMILES string of the molecule is O=C(Nc1c(C(=O)O)c2nc3ccccc3nc2n1Cc1ccccc1)c1ccccc1. The molecule has 5 aromatic rings. The molecule has 0 aliphatic heterocycles. The Bertz CT molecular complexity index is 1460. The van der Waals surface area contributed by atoms with Crippen molar-refractivity contribution in [2.45, 2.75) is 6.54 Å². The molecule has 7 nitrogen and oxygen atoms in total. The third kappa shape index (κ3) is 3.45. The maximum Gasteiger partial charge on any atom is 0.341 e. The molecule has 2 N–H and O–H groups in total. The van der Waals surface area contributed by atoms with Crippen LogP contribution in [0.2, 0.25) is 0 Å². The third-order valence-corrected chi connectivity index (χ3v) is 5.22. The number of benzene rings is 3. The van der Waals surface area contributed by atoms with Crippen molar-refractivity contribution >= 4 is 39.9 Å². The van der Waals surface area contributed by atoms with Gasteiger partial charge in [-0.15, -0.1) is 0 Å². The fourth-order valence-corrected chi connectivity index (χ4v) is 3.72. The van der Waals surface area contributed by atoms with Gasteiger partial charge in [0.25, 0.3) is 5.91 Å². The van der Waals surface area contributed by atoms with E-state index >= 15 is 0 Å². The van der Waals surface area contributed by atoms with Gasteiger partial charge in [0.1, 0.15) is 16.9 Å². The number of para-hydroxylation sites is 2. The maximum absolute atomic E-state index is 12.9. The summed E-state index contributed by atoms with van der Waals surface area (Å²) in [6, 6.07) is 25.5. The third-order valence-electron chi connectivity index (χ3n) is 5.22. The summed E-state index contributed by atoms with van der Waals surface area (Å²) in [5.41, 5.74) is 3.13. The van der Waals surface area contributed by atoms with Crippen molar-refractivity contribution in [3.63, 3.8) is 0 Å². The summed E-state index contributed by atoms with van der Waals surface area (Å²) in [7, 11) is 0. The van der Waals surface area contributed by atoms with Gasteiger partial charge in [-0.25, -0.2) is 14.8 Å². The highest BCUT2D eigenvalue weighted by Crippen LogP contribution is 2.31. The van der Waals surface area contributed by atoms with Crippen LogP contribution >= 0.6 is 0 Å². The summed E-state index contributed by atoms with van der Waals surface area (Å²) in [6.07, 6.45) is 0. The summed E-state index contributed by atoms with van der Waals surface area (Å²) in [4.78, 5) is 34.6.